The van der Waals surface area contributed by atoms with Crippen LogP contribution in [-0.4, -0.2) is 38.6 Å². The molecule has 8 nitrogen and oxygen atoms in total. The molecule has 9 heteroatoms. The van der Waals surface area contributed by atoms with E-state index < -0.39 is 21.9 Å². The highest BCUT2D eigenvalue weighted by Crippen LogP contribution is 2.36. The van der Waals surface area contributed by atoms with Gasteiger partial charge in [0.15, 0.2) is 0 Å². The molecule has 0 saturated carbocycles. The average molecular weight is 467 g/mol. The second-order valence-electron chi connectivity index (χ2n) is 7.77. The number of carbonyl (C=O) groups excluding carboxylic acids is 1. The summed E-state index contributed by atoms with van der Waals surface area (Å²) in [6.07, 6.45) is 0. The molecule has 0 bridgehead atoms. The lowest BCUT2D eigenvalue weighted by molar-refractivity contribution is 0.0696. The Labute approximate surface area is 191 Å². The van der Waals surface area contributed by atoms with Crippen molar-refractivity contribution in [3.8, 4) is 5.75 Å². The van der Waals surface area contributed by atoms with Crippen molar-refractivity contribution in [2.75, 3.05) is 22.8 Å². The van der Waals surface area contributed by atoms with Gasteiger partial charge in [-0.05, 0) is 79.6 Å². The summed E-state index contributed by atoms with van der Waals surface area (Å²) >= 11 is 0. The van der Waals surface area contributed by atoms with Crippen molar-refractivity contribution >= 4 is 33.3 Å². The van der Waals surface area contributed by atoms with Crippen molar-refractivity contribution in [2.24, 2.45) is 0 Å². The van der Waals surface area contributed by atoms with Crippen LogP contribution in [0.1, 0.15) is 31.8 Å². The van der Waals surface area contributed by atoms with E-state index >= 15 is 0 Å². The zero-order chi connectivity index (χ0) is 23.8. The number of hydrogen-bond acceptors (Lipinski definition) is 5. The summed E-state index contributed by atoms with van der Waals surface area (Å²) in [4.78, 5) is 24.0. The quantitative estimate of drug-likeness (QED) is 0.591. The standard InChI is InChI=1S/C24H22N2O6S/c1-15-11-16(2)13-20(12-15)33(30,31)26-9-10-32-22-8-5-18(14-21(22)26)23(27)25-19-6-3-17(4-7-19)24(28)29/h3-8,11-14H,9-10H2,1-2H3,(H,25,27)(H,28,29). The number of aromatic carboxylic acids is 1. The smallest absolute Gasteiger partial charge is 0.335 e. The van der Waals surface area contributed by atoms with E-state index in [0.29, 0.717) is 11.4 Å². The number of carboxylic acids is 1. The van der Waals surface area contributed by atoms with Gasteiger partial charge in [0.05, 0.1) is 22.7 Å². The van der Waals surface area contributed by atoms with Gasteiger partial charge < -0.3 is 15.2 Å². The molecular weight excluding hydrogens is 444 g/mol. The lowest BCUT2D eigenvalue weighted by Gasteiger charge is -2.31. The van der Waals surface area contributed by atoms with Crippen LogP contribution in [0.25, 0.3) is 0 Å². The number of fused-ring (bicyclic) bond motifs is 1. The molecule has 0 radical (unpaired) electrons. The minimum atomic E-state index is -3.87. The van der Waals surface area contributed by atoms with Gasteiger partial charge in [-0.3, -0.25) is 9.10 Å². The van der Waals surface area contributed by atoms with Crippen LogP contribution in [0.5, 0.6) is 5.75 Å². The number of aryl methyl sites for hydroxylation is 2. The molecule has 0 unspecified atom stereocenters. The third-order valence-corrected chi connectivity index (χ3v) is 7.01. The maximum absolute atomic E-state index is 13.4. The molecule has 0 spiro atoms. The predicted octanol–water partition coefficient (Wildman–Crippen LogP) is 3.84. The Morgan fingerprint density at radius 2 is 1.58 bits per heavy atom. The van der Waals surface area contributed by atoms with Gasteiger partial charge >= 0.3 is 5.97 Å². The fourth-order valence-corrected chi connectivity index (χ4v) is 5.33. The van der Waals surface area contributed by atoms with E-state index in [0.717, 1.165) is 11.1 Å². The van der Waals surface area contributed by atoms with E-state index in [1.54, 1.807) is 24.3 Å². The number of ether oxygens (including phenoxy) is 1. The third-order valence-electron chi connectivity index (χ3n) is 5.21. The zero-order valence-electron chi connectivity index (χ0n) is 18.0. The van der Waals surface area contributed by atoms with Gasteiger partial charge in [-0.25, -0.2) is 13.2 Å². The first kappa shape index (κ1) is 22.3. The highest BCUT2D eigenvalue weighted by Gasteiger charge is 2.31. The minimum Gasteiger partial charge on any atom is -0.489 e. The number of benzene rings is 3. The monoisotopic (exact) mass is 466 g/mol. The molecule has 33 heavy (non-hydrogen) atoms. The van der Waals surface area contributed by atoms with Gasteiger partial charge in [-0.1, -0.05) is 6.07 Å². The van der Waals surface area contributed by atoms with Crippen LogP contribution in [0.15, 0.2) is 65.6 Å². The summed E-state index contributed by atoms with van der Waals surface area (Å²) in [5.41, 5.74) is 2.72. The van der Waals surface area contributed by atoms with E-state index in [1.807, 2.05) is 19.9 Å². The van der Waals surface area contributed by atoms with Crippen LogP contribution in [0.3, 0.4) is 0 Å². The lowest BCUT2D eigenvalue weighted by atomic mass is 10.1. The molecule has 0 fully saturated rings. The van der Waals surface area contributed by atoms with Gasteiger partial charge in [-0.15, -0.1) is 0 Å². The average Bonchev–Trinajstić information content (AvgIpc) is 2.78. The highest BCUT2D eigenvalue weighted by molar-refractivity contribution is 7.92. The number of nitrogens with zero attached hydrogens (tertiary/aromatic N) is 1. The molecule has 0 saturated heterocycles. The van der Waals surface area contributed by atoms with Crippen LogP contribution in [0.2, 0.25) is 0 Å². The molecule has 0 atom stereocenters. The summed E-state index contributed by atoms with van der Waals surface area (Å²) in [5, 5.41) is 11.7. The number of rotatable bonds is 5. The molecule has 170 valence electrons. The van der Waals surface area contributed by atoms with Gasteiger partial charge in [0, 0.05) is 11.3 Å². The van der Waals surface area contributed by atoms with Gasteiger partial charge in [0.25, 0.3) is 15.9 Å². The lowest BCUT2D eigenvalue weighted by Crippen LogP contribution is -2.38. The van der Waals surface area contributed by atoms with E-state index in [-0.39, 0.29) is 34.9 Å². The van der Waals surface area contributed by atoms with Crippen molar-refractivity contribution in [1.29, 1.82) is 0 Å². The Kier molecular flexibility index (Phi) is 5.82. The minimum absolute atomic E-state index is 0.103. The topological polar surface area (TPSA) is 113 Å². The third kappa shape index (κ3) is 4.54. The molecule has 1 aliphatic rings. The van der Waals surface area contributed by atoms with E-state index in [9.17, 15) is 18.0 Å². The summed E-state index contributed by atoms with van der Waals surface area (Å²) < 4.78 is 33.8. The number of anilines is 2. The summed E-state index contributed by atoms with van der Waals surface area (Å²) in [6, 6.07) is 15.5. The van der Waals surface area contributed by atoms with Crippen LogP contribution in [-0.2, 0) is 10.0 Å². The first-order chi connectivity index (χ1) is 15.6. The van der Waals surface area contributed by atoms with Crippen LogP contribution in [0.4, 0.5) is 11.4 Å². The van der Waals surface area contributed by atoms with E-state index in [2.05, 4.69) is 5.32 Å². The number of hydrogen-bond donors (Lipinski definition) is 2. The molecular formula is C24H22N2O6S. The second kappa shape index (κ2) is 8.59. The molecule has 4 rings (SSSR count). The first-order valence-electron chi connectivity index (χ1n) is 10.2. The number of amides is 1. The van der Waals surface area contributed by atoms with E-state index in [4.69, 9.17) is 9.84 Å². The molecule has 1 aliphatic heterocycles. The first-order valence-corrected chi connectivity index (χ1v) is 11.6. The molecule has 3 aromatic rings. The normalized spacial score (nSPS) is 13.1. The fourth-order valence-electron chi connectivity index (χ4n) is 3.69. The summed E-state index contributed by atoms with van der Waals surface area (Å²) in [7, 11) is -3.87. The molecule has 1 heterocycles. The Hall–Kier alpha value is -3.85. The Morgan fingerprint density at radius 3 is 2.21 bits per heavy atom. The number of sulfonamides is 1. The molecule has 2 N–H and O–H groups in total. The van der Waals surface area contributed by atoms with Gasteiger partial charge in [0.1, 0.15) is 12.4 Å². The summed E-state index contributed by atoms with van der Waals surface area (Å²) in [5.74, 6) is -1.15. The number of carbonyl (C=O) groups is 2. The van der Waals surface area contributed by atoms with Crippen molar-refractivity contribution < 1.29 is 27.9 Å². The van der Waals surface area contributed by atoms with Crippen molar-refractivity contribution in [2.45, 2.75) is 18.7 Å². The molecule has 0 aliphatic carbocycles. The number of nitrogens with one attached hydrogen (secondary N) is 1. The van der Waals surface area contributed by atoms with Crippen molar-refractivity contribution in [3.05, 3.63) is 82.9 Å². The predicted molar refractivity (Wildman–Crippen MR) is 124 cm³/mol. The van der Waals surface area contributed by atoms with Gasteiger partial charge in [-0.2, -0.15) is 0 Å². The summed E-state index contributed by atoms with van der Waals surface area (Å²) in [6.45, 7) is 3.98. The maximum atomic E-state index is 13.4. The van der Waals surface area contributed by atoms with Crippen molar-refractivity contribution in [3.63, 3.8) is 0 Å². The molecule has 0 aromatic heterocycles. The van der Waals surface area contributed by atoms with Crippen LogP contribution < -0.4 is 14.4 Å². The fraction of sp³-hybridized carbons (Fsp3) is 0.167. The maximum Gasteiger partial charge on any atom is 0.335 e. The van der Waals surface area contributed by atoms with Crippen molar-refractivity contribution in [1.82, 2.24) is 0 Å². The SMILES string of the molecule is Cc1cc(C)cc(S(=O)(=O)N2CCOc3ccc(C(=O)Nc4ccc(C(=O)O)cc4)cc32)c1. The Morgan fingerprint density at radius 1 is 0.939 bits per heavy atom. The Bertz CT molecular complexity index is 1330. The van der Waals surface area contributed by atoms with Crippen LogP contribution >= 0.6 is 0 Å². The van der Waals surface area contributed by atoms with E-state index in [1.165, 1.54) is 34.6 Å². The van der Waals surface area contributed by atoms with Gasteiger partial charge in [0.2, 0.25) is 0 Å². The number of carboxylic acid groups (broad SMARTS) is 1. The zero-order valence-corrected chi connectivity index (χ0v) is 18.8. The second-order valence-corrected chi connectivity index (χ2v) is 9.63. The highest BCUT2D eigenvalue weighted by atomic mass is 32.2. The Balaban J connectivity index is 1.65. The molecule has 1 amide bonds. The largest absolute Gasteiger partial charge is 0.489 e. The van der Waals surface area contributed by atoms with Crippen LogP contribution in [0, 0.1) is 13.8 Å². The molecule has 3 aromatic carbocycles.